The van der Waals surface area contributed by atoms with Gasteiger partial charge in [0, 0.05) is 11.7 Å². The molecule has 0 saturated heterocycles. The molecule has 3 aromatic rings. The molecule has 0 N–H and O–H groups in total. The number of para-hydroxylation sites is 2. The molecule has 1 aromatic heterocycles. The minimum Gasteiger partial charge on any atom is -0.493 e. The van der Waals surface area contributed by atoms with E-state index in [-0.39, 0.29) is 23.4 Å². The zero-order valence-corrected chi connectivity index (χ0v) is 17.1. The number of methoxy groups -OCH3 is 1. The molecule has 7 heteroatoms. The number of esters is 1. The summed E-state index contributed by atoms with van der Waals surface area (Å²) in [6.07, 6.45) is 1.42. The number of carbonyl (C=O) groups excluding carboxylic acids is 2. The molecule has 1 amide bonds. The molecule has 0 bridgehead atoms. The van der Waals surface area contributed by atoms with E-state index in [1.807, 2.05) is 61.5 Å². The van der Waals surface area contributed by atoms with E-state index in [9.17, 15) is 9.59 Å². The maximum atomic E-state index is 13.1. The van der Waals surface area contributed by atoms with Gasteiger partial charge in [0.05, 0.1) is 19.0 Å². The van der Waals surface area contributed by atoms with Gasteiger partial charge in [-0.25, -0.2) is 9.48 Å². The van der Waals surface area contributed by atoms with Crippen molar-refractivity contribution in [3.8, 4) is 11.4 Å². The zero-order chi connectivity index (χ0) is 21.3. The highest BCUT2D eigenvalue weighted by Crippen LogP contribution is 2.32. The molecule has 1 aliphatic rings. The SMILES string of the molecule is COc1cn(-c2ccccc2)nc1C(=O)O[C@H](C)C(=O)N1c2ccccc2C[C@H]1C. The van der Waals surface area contributed by atoms with Crippen molar-refractivity contribution in [3.63, 3.8) is 0 Å². The van der Waals surface area contributed by atoms with Crippen LogP contribution in [-0.2, 0) is 16.0 Å². The van der Waals surface area contributed by atoms with Crippen LogP contribution in [0.5, 0.6) is 5.75 Å². The number of rotatable bonds is 5. The predicted molar refractivity (Wildman–Crippen MR) is 112 cm³/mol. The molecule has 0 saturated carbocycles. The van der Waals surface area contributed by atoms with Gasteiger partial charge in [-0.3, -0.25) is 4.79 Å². The topological polar surface area (TPSA) is 73.7 Å². The Balaban J connectivity index is 1.53. The highest BCUT2D eigenvalue weighted by molar-refractivity contribution is 6.01. The molecular weight excluding hydrogens is 382 g/mol. The zero-order valence-electron chi connectivity index (χ0n) is 17.1. The Kier molecular flexibility index (Phi) is 5.27. The third-order valence-electron chi connectivity index (χ3n) is 5.19. The van der Waals surface area contributed by atoms with Gasteiger partial charge in [-0.15, -0.1) is 0 Å². The number of hydrogen-bond donors (Lipinski definition) is 0. The first kappa shape index (κ1) is 19.7. The Morgan fingerprint density at radius 3 is 2.53 bits per heavy atom. The van der Waals surface area contributed by atoms with Crippen LogP contribution in [0.25, 0.3) is 5.69 Å². The summed E-state index contributed by atoms with van der Waals surface area (Å²) < 4.78 is 12.3. The van der Waals surface area contributed by atoms with Gasteiger partial charge in [-0.05, 0) is 44.0 Å². The van der Waals surface area contributed by atoms with Crippen LogP contribution in [0.4, 0.5) is 5.69 Å². The van der Waals surface area contributed by atoms with Crippen LogP contribution in [0.15, 0.2) is 60.8 Å². The monoisotopic (exact) mass is 405 g/mol. The first-order chi connectivity index (χ1) is 14.5. The smallest absolute Gasteiger partial charge is 0.363 e. The molecule has 0 radical (unpaired) electrons. The molecule has 0 spiro atoms. The number of hydrogen-bond acceptors (Lipinski definition) is 5. The lowest BCUT2D eigenvalue weighted by molar-refractivity contribution is -0.126. The molecule has 2 heterocycles. The highest BCUT2D eigenvalue weighted by atomic mass is 16.6. The van der Waals surface area contributed by atoms with Crippen LogP contribution < -0.4 is 9.64 Å². The quantitative estimate of drug-likeness (QED) is 0.608. The molecule has 4 rings (SSSR count). The molecule has 1 aliphatic heterocycles. The lowest BCUT2D eigenvalue weighted by atomic mass is 10.1. The molecule has 30 heavy (non-hydrogen) atoms. The van der Waals surface area contributed by atoms with Crippen LogP contribution >= 0.6 is 0 Å². The number of anilines is 1. The van der Waals surface area contributed by atoms with E-state index in [0.717, 1.165) is 23.4 Å². The number of benzene rings is 2. The number of amides is 1. The second-order valence-corrected chi connectivity index (χ2v) is 7.26. The number of aromatic nitrogens is 2. The van der Waals surface area contributed by atoms with E-state index in [0.29, 0.717) is 0 Å². The van der Waals surface area contributed by atoms with Gasteiger partial charge >= 0.3 is 5.97 Å². The van der Waals surface area contributed by atoms with Crippen molar-refractivity contribution >= 4 is 17.6 Å². The molecule has 0 fully saturated rings. The van der Waals surface area contributed by atoms with Crippen LogP contribution in [-0.4, -0.2) is 40.9 Å². The fourth-order valence-electron chi connectivity index (χ4n) is 3.73. The van der Waals surface area contributed by atoms with E-state index >= 15 is 0 Å². The molecule has 2 aromatic carbocycles. The van der Waals surface area contributed by atoms with E-state index < -0.39 is 12.1 Å². The van der Waals surface area contributed by atoms with E-state index in [1.54, 1.807) is 22.7 Å². The Labute approximate surface area is 174 Å². The largest absolute Gasteiger partial charge is 0.493 e. The number of fused-ring (bicyclic) bond motifs is 1. The summed E-state index contributed by atoms with van der Waals surface area (Å²) in [4.78, 5) is 27.5. The first-order valence-corrected chi connectivity index (χ1v) is 9.80. The summed E-state index contributed by atoms with van der Waals surface area (Å²) in [5.41, 5.74) is 2.78. The highest BCUT2D eigenvalue weighted by Gasteiger charge is 2.35. The molecule has 154 valence electrons. The minimum absolute atomic E-state index is 0.00266. The fraction of sp³-hybridized carbons (Fsp3) is 0.261. The first-order valence-electron chi connectivity index (χ1n) is 9.80. The molecule has 7 nitrogen and oxygen atoms in total. The van der Waals surface area contributed by atoms with Crippen LogP contribution in [0, 0.1) is 0 Å². The lowest BCUT2D eigenvalue weighted by Crippen LogP contribution is -2.43. The second kappa shape index (κ2) is 8.02. The molecule has 2 atom stereocenters. The van der Waals surface area contributed by atoms with Crippen LogP contribution in [0.2, 0.25) is 0 Å². The summed E-state index contributed by atoms with van der Waals surface area (Å²) in [6.45, 7) is 3.56. The van der Waals surface area contributed by atoms with Gasteiger partial charge in [-0.1, -0.05) is 36.4 Å². The second-order valence-electron chi connectivity index (χ2n) is 7.26. The summed E-state index contributed by atoms with van der Waals surface area (Å²) in [7, 11) is 1.46. The average molecular weight is 405 g/mol. The van der Waals surface area contributed by atoms with Crippen molar-refractivity contribution < 1.29 is 19.1 Å². The normalized spacial score (nSPS) is 16.1. The molecular formula is C23H23N3O4. The summed E-state index contributed by atoms with van der Waals surface area (Å²) >= 11 is 0. The summed E-state index contributed by atoms with van der Waals surface area (Å²) in [5, 5.41) is 4.30. The number of ether oxygens (including phenoxy) is 2. The van der Waals surface area contributed by atoms with Crippen molar-refractivity contribution in [2.75, 3.05) is 12.0 Å². The average Bonchev–Trinajstić information content (AvgIpc) is 3.34. The van der Waals surface area contributed by atoms with Gasteiger partial charge in [0.2, 0.25) is 5.69 Å². The van der Waals surface area contributed by atoms with Gasteiger partial charge < -0.3 is 14.4 Å². The van der Waals surface area contributed by atoms with Crippen molar-refractivity contribution in [1.82, 2.24) is 9.78 Å². The van der Waals surface area contributed by atoms with Gasteiger partial charge in [-0.2, -0.15) is 5.10 Å². The summed E-state index contributed by atoms with van der Waals surface area (Å²) in [5.74, 6) is -0.687. The van der Waals surface area contributed by atoms with Gasteiger partial charge in [0.1, 0.15) is 0 Å². The lowest BCUT2D eigenvalue weighted by Gasteiger charge is -2.25. The Morgan fingerprint density at radius 1 is 1.10 bits per heavy atom. The molecule has 0 unspecified atom stereocenters. The van der Waals surface area contributed by atoms with E-state index in [1.165, 1.54) is 7.11 Å². The molecule has 0 aliphatic carbocycles. The van der Waals surface area contributed by atoms with Crippen molar-refractivity contribution in [1.29, 1.82) is 0 Å². The van der Waals surface area contributed by atoms with Crippen LogP contribution in [0.1, 0.15) is 29.9 Å². The Morgan fingerprint density at radius 2 is 1.80 bits per heavy atom. The van der Waals surface area contributed by atoms with Gasteiger partial charge in [0.25, 0.3) is 5.91 Å². The number of nitrogens with zero attached hydrogens (tertiary/aromatic N) is 3. The summed E-state index contributed by atoms with van der Waals surface area (Å²) in [6, 6.07) is 17.1. The van der Waals surface area contributed by atoms with Gasteiger partial charge in [0.15, 0.2) is 11.9 Å². The van der Waals surface area contributed by atoms with E-state index in [4.69, 9.17) is 9.47 Å². The maximum absolute atomic E-state index is 13.1. The van der Waals surface area contributed by atoms with Crippen molar-refractivity contribution in [3.05, 3.63) is 72.1 Å². The predicted octanol–water partition coefficient (Wildman–Crippen LogP) is 3.40. The Bertz CT molecular complexity index is 1080. The van der Waals surface area contributed by atoms with Crippen molar-refractivity contribution in [2.24, 2.45) is 0 Å². The fourth-order valence-corrected chi connectivity index (χ4v) is 3.73. The Hall–Kier alpha value is -3.61. The maximum Gasteiger partial charge on any atom is 0.363 e. The van der Waals surface area contributed by atoms with Crippen LogP contribution in [0.3, 0.4) is 0 Å². The van der Waals surface area contributed by atoms with E-state index in [2.05, 4.69) is 5.10 Å². The number of carbonyl (C=O) groups is 2. The third-order valence-corrected chi connectivity index (χ3v) is 5.19. The van der Waals surface area contributed by atoms with Crippen molar-refractivity contribution in [2.45, 2.75) is 32.4 Å². The third kappa shape index (κ3) is 3.54. The minimum atomic E-state index is -0.960. The standard InChI is InChI=1S/C23H23N3O4/c1-15-13-17-9-7-8-12-19(17)26(15)22(27)16(2)30-23(28)21-20(29-3)14-25(24-21)18-10-5-4-6-11-18/h4-12,14-16H,13H2,1-3H3/t15-,16-/m1/s1.